The van der Waals surface area contributed by atoms with Gasteiger partial charge in [-0.25, -0.2) is 13.1 Å². The summed E-state index contributed by atoms with van der Waals surface area (Å²) in [6.45, 7) is 1.68. The van der Waals surface area contributed by atoms with Crippen LogP contribution in [0.1, 0.15) is 24.8 Å². The lowest BCUT2D eigenvalue weighted by atomic mass is 10.1. The first-order chi connectivity index (χ1) is 14.0. The van der Waals surface area contributed by atoms with E-state index >= 15 is 0 Å². The molecule has 0 aliphatic carbocycles. The highest BCUT2D eigenvalue weighted by molar-refractivity contribution is 7.89. The van der Waals surface area contributed by atoms with Crippen LogP contribution in [0, 0.1) is 0 Å². The molecule has 29 heavy (non-hydrogen) atoms. The zero-order valence-corrected chi connectivity index (χ0v) is 16.7. The monoisotopic (exact) mass is 417 g/mol. The first-order valence-electron chi connectivity index (χ1n) is 9.64. The van der Waals surface area contributed by atoms with Crippen LogP contribution in [-0.2, 0) is 21.4 Å². The number of hydrogen-bond acceptors (Lipinski definition) is 6. The number of nitrogens with zero attached hydrogens (tertiary/aromatic N) is 2. The Morgan fingerprint density at radius 1 is 1.17 bits per heavy atom. The number of pyridine rings is 1. The summed E-state index contributed by atoms with van der Waals surface area (Å²) in [6.07, 6.45) is 5.67. The normalized spacial score (nSPS) is 19.0. The lowest BCUT2D eigenvalue weighted by molar-refractivity contribution is -0.142. The van der Waals surface area contributed by atoms with Gasteiger partial charge in [0.25, 0.3) is 5.91 Å². The molecule has 1 N–H and O–H groups in total. The van der Waals surface area contributed by atoms with Gasteiger partial charge < -0.3 is 14.4 Å². The van der Waals surface area contributed by atoms with Gasteiger partial charge >= 0.3 is 0 Å². The second-order valence-electron chi connectivity index (χ2n) is 7.10. The third kappa shape index (κ3) is 4.51. The van der Waals surface area contributed by atoms with Gasteiger partial charge in [0.05, 0.1) is 4.90 Å². The Bertz CT molecular complexity index is 975. The van der Waals surface area contributed by atoms with Crippen LogP contribution in [0.2, 0.25) is 0 Å². The second kappa shape index (κ2) is 8.38. The number of fused-ring (bicyclic) bond motifs is 1. The fourth-order valence-electron chi connectivity index (χ4n) is 3.42. The topological polar surface area (TPSA) is 97.8 Å². The number of carbonyl (C=O) groups excluding carboxylic acids is 1. The molecule has 3 heterocycles. The average molecular weight is 417 g/mol. The Hall–Kier alpha value is -2.65. The molecule has 1 aromatic carbocycles. The fraction of sp³-hybridized carbons (Fsp3) is 0.400. The molecule has 2 aromatic rings. The van der Waals surface area contributed by atoms with Crippen molar-refractivity contribution in [1.29, 1.82) is 0 Å². The lowest BCUT2D eigenvalue weighted by Crippen LogP contribution is -2.48. The number of amides is 1. The summed E-state index contributed by atoms with van der Waals surface area (Å²) < 4.78 is 39.2. The molecule has 0 bridgehead atoms. The minimum absolute atomic E-state index is 0.0644. The van der Waals surface area contributed by atoms with E-state index in [4.69, 9.17) is 9.47 Å². The summed E-state index contributed by atoms with van der Waals surface area (Å²) >= 11 is 0. The van der Waals surface area contributed by atoms with Crippen LogP contribution in [0.3, 0.4) is 0 Å². The maximum Gasteiger partial charge on any atom is 0.267 e. The minimum Gasteiger partial charge on any atom is -0.485 e. The van der Waals surface area contributed by atoms with Gasteiger partial charge in [0.1, 0.15) is 6.61 Å². The lowest BCUT2D eigenvalue weighted by Gasteiger charge is -2.32. The quantitative estimate of drug-likeness (QED) is 0.795. The highest BCUT2D eigenvalue weighted by Gasteiger charge is 2.32. The molecule has 0 spiro atoms. The Balaban J connectivity index is 1.43. The number of piperidine rings is 1. The Morgan fingerprint density at radius 3 is 2.76 bits per heavy atom. The number of hydrogen-bond donors (Lipinski definition) is 1. The number of ether oxygens (including phenoxy) is 2. The Kier molecular flexibility index (Phi) is 5.68. The van der Waals surface area contributed by atoms with Gasteiger partial charge in [-0.3, -0.25) is 9.78 Å². The van der Waals surface area contributed by atoms with Crippen LogP contribution < -0.4 is 14.2 Å². The van der Waals surface area contributed by atoms with E-state index in [0.717, 1.165) is 37.9 Å². The summed E-state index contributed by atoms with van der Waals surface area (Å²) in [5.74, 6) is 0.611. The summed E-state index contributed by atoms with van der Waals surface area (Å²) in [5.41, 5.74) is 0.757. The van der Waals surface area contributed by atoms with Crippen LogP contribution in [0.5, 0.6) is 11.5 Å². The molecule has 4 rings (SSSR count). The van der Waals surface area contributed by atoms with Crippen molar-refractivity contribution in [1.82, 2.24) is 14.6 Å². The Morgan fingerprint density at radius 2 is 2.00 bits per heavy atom. The summed E-state index contributed by atoms with van der Waals surface area (Å²) in [6, 6.07) is 7.93. The third-order valence-electron chi connectivity index (χ3n) is 5.02. The summed E-state index contributed by atoms with van der Waals surface area (Å²) in [7, 11) is -3.73. The molecule has 1 saturated heterocycles. The highest BCUT2D eigenvalue weighted by Crippen LogP contribution is 2.34. The van der Waals surface area contributed by atoms with Crippen molar-refractivity contribution in [2.24, 2.45) is 0 Å². The number of sulfonamides is 1. The van der Waals surface area contributed by atoms with E-state index in [1.54, 1.807) is 24.5 Å². The maximum absolute atomic E-state index is 12.6. The van der Waals surface area contributed by atoms with E-state index < -0.39 is 16.1 Å². The molecule has 154 valence electrons. The smallest absolute Gasteiger partial charge is 0.267 e. The molecule has 0 unspecified atom stereocenters. The Labute approximate surface area is 169 Å². The number of aromatic nitrogens is 1. The predicted octanol–water partition coefficient (Wildman–Crippen LogP) is 1.71. The number of carbonyl (C=O) groups is 1. The van der Waals surface area contributed by atoms with Gasteiger partial charge in [0, 0.05) is 38.1 Å². The molecule has 2 aliphatic rings. The van der Waals surface area contributed by atoms with Crippen molar-refractivity contribution >= 4 is 15.9 Å². The zero-order valence-electron chi connectivity index (χ0n) is 15.9. The standard InChI is InChI=1S/C20H23N3O5S/c24-20(23-9-2-1-3-10-23)19-14-27-18-11-16(6-7-17(18)28-19)29(25,26)22-13-15-5-4-8-21-12-15/h4-8,11-12,19,22H,1-3,9-10,13-14H2/t19-/m1/s1. The van der Waals surface area contributed by atoms with E-state index in [1.165, 1.54) is 18.2 Å². The van der Waals surface area contributed by atoms with E-state index in [9.17, 15) is 13.2 Å². The van der Waals surface area contributed by atoms with Gasteiger partial charge in [0.15, 0.2) is 11.5 Å². The van der Waals surface area contributed by atoms with Gasteiger partial charge in [-0.05, 0) is 43.0 Å². The van der Waals surface area contributed by atoms with E-state index in [-0.39, 0.29) is 24.0 Å². The predicted molar refractivity (Wildman–Crippen MR) is 105 cm³/mol. The van der Waals surface area contributed by atoms with Crippen LogP contribution in [0.4, 0.5) is 0 Å². The molecule has 9 heteroatoms. The molecule has 8 nitrogen and oxygen atoms in total. The summed E-state index contributed by atoms with van der Waals surface area (Å²) in [4.78, 5) is 18.5. The van der Waals surface area contributed by atoms with Crippen LogP contribution in [-0.4, -0.2) is 50.0 Å². The molecule has 1 atom stereocenters. The molecular formula is C20H23N3O5S. The first kappa shape index (κ1) is 19.7. The summed E-state index contributed by atoms with van der Waals surface area (Å²) in [5, 5.41) is 0. The number of nitrogens with one attached hydrogen (secondary N) is 1. The number of benzene rings is 1. The largest absolute Gasteiger partial charge is 0.485 e. The molecule has 2 aliphatic heterocycles. The molecule has 0 radical (unpaired) electrons. The van der Waals surface area contributed by atoms with Gasteiger partial charge in [-0.15, -0.1) is 0 Å². The fourth-order valence-corrected chi connectivity index (χ4v) is 4.46. The molecular weight excluding hydrogens is 394 g/mol. The number of likely N-dealkylation sites (tertiary alicyclic amines) is 1. The average Bonchev–Trinajstić information content (AvgIpc) is 2.78. The second-order valence-corrected chi connectivity index (χ2v) is 8.86. The number of rotatable bonds is 5. The molecule has 1 fully saturated rings. The van der Waals surface area contributed by atoms with Crippen molar-refractivity contribution in [2.45, 2.75) is 36.8 Å². The molecule has 0 saturated carbocycles. The molecule has 1 amide bonds. The highest BCUT2D eigenvalue weighted by atomic mass is 32.2. The van der Waals surface area contributed by atoms with Crippen molar-refractivity contribution in [2.75, 3.05) is 19.7 Å². The van der Waals surface area contributed by atoms with Gasteiger partial charge in [-0.2, -0.15) is 0 Å². The molecule has 1 aromatic heterocycles. The van der Waals surface area contributed by atoms with Crippen LogP contribution >= 0.6 is 0 Å². The van der Waals surface area contributed by atoms with Crippen molar-refractivity contribution in [3.63, 3.8) is 0 Å². The van der Waals surface area contributed by atoms with Crippen LogP contribution in [0.15, 0.2) is 47.6 Å². The first-order valence-corrected chi connectivity index (χ1v) is 11.1. The van der Waals surface area contributed by atoms with Gasteiger partial charge in [-0.1, -0.05) is 6.07 Å². The van der Waals surface area contributed by atoms with E-state index in [2.05, 4.69) is 9.71 Å². The van der Waals surface area contributed by atoms with Crippen molar-refractivity contribution in [3.05, 3.63) is 48.3 Å². The minimum atomic E-state index is -3.73. The maximum atomic E-state index is 12.6. The van der Waals surface area contributed by atoms with Crippen LogP contribution in [0.25, 0.3) is 0 Å². The van der Waals surface area contributed by atoms with E-state index in [0.29, 0.717) is 11.5 Å². The van der Waals surface area contributed by atoms with Crippen molar-refractivity contribution in [3.8, 4) is 11.5 Å². The van der Waals surface area contributed by atoms with Crippen molar-refractivity contribution < 1.29 is 22.7 Å². The van der Waals surface area contributed by atoms with Gasteiger partial charge in [0.2, 0.25) is 16.1 Å². The third-order valence-corrected chi connectivity index (χ3v) is 6.42. The zero-order chi connectivity index (χ0) is 20.3. The van der Waals surface area contributed by atoms with E-state index in [1.807, 2.05) is 4.90 Å². The SMILES string of the molecule is O=C([C@H]1COc2cc(S(=O)(=O)NCc3cccnc3)ccc2O1)N1CCCCC1.